The highest BCUT2D eigenvalue weighted by atomic mass is 16.5. The fourth-order valence-electron chi connectivity index (χ4n) is 1.16. The summed E-state index contributed by atoms with van der Waals surface area (Å²) in [5.41, 5.74) is 5.74. The van der Waals surface area contributed by atoms with Crippen LogP contribution in [0.1, 0.15) is 20.3 Å². The van der Waals surface area contributed by atoms with E-state index >= 15 is 0 Å². The van der Waals surface area contributed by atoms with Crippen LogP contribution in [0.4, 0.5) is 0 Å². The van der Waals surface area contributed by atoms with Crippen molar-refractivity contribution in [1.82, 2.24) is 0 Å². The van der Waals surface area contributed by atoms with Crippen LogP contribution in [0, 0.1) is 5.92 Å². The second kappa shape index (κ2) is 2.67. The molecule has 0 bridgehead atoms. The van der Waals surface area contributed by atoms with E-state index in [0.717, 1.165) is 13.0 Å². The smallest absolute Gasteiger partial charge is 0.0698 e. The van der Waals surface area contributed by atoms with E-state index in [4.69, 9.17) is 10.5 Å². The molecule has 1 aliphatic rings. The predicted octanol–water partition coefficient (Wildman–Crippen LogP) is 0.759. The first kappa shape index (κ1) is 7.03. The molecular weight excluding hydrogens is 114 g/mol. The molecule has 0 amide bonds. The maximum absolute atomic E-state index is 5.74. The summed E-state index contributed by atoms with van der Waals surface area (Å²) in [7, 11) is 0. The van der Waals surface area contributed by atoms with Gasteiger partial charge >= 0.3 is 0 Å². The zero-order valence-electron chi connectivity index (χ0n) is 6.13. The van der Waals surface area contributed by atoms with E-state index in [-0.39, 0.29) is 12.1 Å². The molecule has 1 fully saturated rings. The van der Waals surface area contributed by atoms with Gasteiger partial charge in [0.15, 0.2) is 0 Å². The average molecular weight is 129 g/mol. The Morgan fingerprint density at radius 1 is 1.44 bits per heavy atom. The molecule has 2 heteroatoms. The van der Waals surface area contributed by atoms with Gasteiger partial charge in [0.2, 0.25) is 0 Å². The molecular formula is C7H15NO. The van der Waals surface area contributed by atoms with E-state index in [0.29, 0.717) is 5.92 Å². The summed E-state index contributed by atoms with van der Waals surface area (Å²) in [6.45, 7) is 5.09. The van der Waals surface area contributed by atoms with Crippen molar-refractivity contribution >= 4 is 0 Å². The summed E-state index contributed by atoms with van der Waals surface area (Å²) < 4.78 is 5.38. The maximum atomic E-state index is 5.74. The molecule has 0 spiro atoms. The van der Waals surface area contributed by atoms with Crippen molar-refractivity contribution in [3.63, 3.8) is 0 Å². The van der Waals surface area contributed by atoms with Crippen LogP contribution in [-0.4, -0.2) is 18.8 Å². The lowest BCUT2D eigenvalue weighted by atomic mass is 9.97. The predicted molar refractivity (Wildman–Crippen MR) is 37.2 cm³/mol. The Kier molecular flexibility index (Phi) is 2.09. The third kappa shape index (κ3) is 1.66. The average Bonchev–Trinajstić information content (AvgIpc) is 1.80. The van der Waals surface area contributed by atoms with Gasteiger partial charge in [-0.3, -0.25) is 0 Å². The van der Waals surface area contributed by atoms with Gasteiger partial charge in [-0.25, -0.2) is 0 Å². The molecule has 0 aromatic carbocycles. The summed E-state index contributed by atoms with van der Waals surface area (Å²) in [6.07, 6.45) is 1.38. The van der Waals surface area contributed by atoms with Crippen LogP contribution >= 0.6 is 0 Å². The Labute approximate surface area is 56.4 Å². The maximum Gasteiger partial charge on any atom is 0.0698 e. The molecule has 3 unspecified atom stereocenters. The van der Waals surface area contributed by atoms with E-state index in [1.807, 2.05) is 6.92 Å². The van der Waals surface area contributed by atoms with Crippen molar-refractivity contribution in [2.75, 3.05) is 6.61 Å². The van der Waals surface area contributed by atoms with E-state index in [2.05, 4.69) is 6.92 Å². The minimum Gasteiger partial charge on any atom is -0.377 e. The molecule has 2 nitrogen and oxygen atoms in total. The molecule has 1 rings (SSSR count). The molecule has 54 valence electrons. The van der Waals surface area contributed by atoms with Crippen LogP contribution in [0.3, 0.4) is 0 Å². The number of hydrogen-bond donors (Lipinski definition) is 1. The molecule has 3 atom stereocenters. The second-order valence-electron chi connectivity index (χ2n) is 3.04. The van der Waals surface area contributed by atoms with Crippen LogP contribution in [-0.2, 0) is 4.74 Å². The number of hydrogen-bond acceptors (Lipinski definition) is 2. The molecule has 0 saturated carbocycles. The minimum absolute atomic E-state index is 0.258. The molecule has 1 heterocycles. The lowest BCUT2D eigenvalue weighted by Crippen LogP contribution is -2.41. The van der Waals surface area contributed by atoms with Crippen LogP contribution in [0.25, 0.3) is 0 Å². The van der Waals surface area contributed by atoms with Gasteiger partial charge in [-0.2, -0.15) is 0 Å². The van der Waals surface area contributed by atoms with E-state index in [1.165, 1.54) is 0 Å². The zero-order chi connectivity index (χ0) is 6.85. The normalized spacial score (nSPS) is 45.0. The third-order valence-electron chi connectivity index (χ3n) is 1.92. The summed E-state index contributed by atoms with van der Waals surface area (Å²) in [5, 5.41) is 0. The Morgan fingerprint density at radius 2 is 2.11 bits per heavy atom. The highest BCUT2D eigenvalue weighted by molar-refractivity contribution is 4.76. The van der Waals surface area contributed by atoms with E-state index in [1.54, 1.807) is 0 Å². The van der Waals surface area contributed by atoms with Gasteiger partial charge in [-0.1, -0.05) is 6.92 Å². The van der Waals surface area contributed by atoms with E-state index in [9.17, 15) is 0 Å². The lowest BCUT2D eigenvalue weighted by molar-refractivity contribution is -0.0138. The largest absolute Gasteiger partial charge is 0.377 e. The molecule has 9 heavy (non-hydrogen) atoms. The standard InChI is InChI=1S/C7H15NO/c1-5-3-7(8)6(2)9-4-5/h5-7H,3-4,8H2,1-2H3. The van der Waals surface area contributed by atoms with Gasteiger partial charge in [0.05, 0.1) is 6.10 Å². The Morgan fingerprint density at radius 3 is 2.56 bits per heavy atom. The summed E-state index contributed by atoms with van der Waals surface area (Å²) in [5.74, 6) is 0.649. The number of nitrogens with two attached hydrogens (primary N) is 1. The van der Waals surface area contributed by atoms with Crippen molar-refractivity contribution in [3.8, 4) is 0 Å². The van der Waals surface area contributed by atoms with Crippen LogP contribution in [0.15, 0.2) is 0 Å². The monoisotopic (exact) mass is 129 g/mol. The summed E-state index contributed by atoms with van der Waals surface area (Å²) >= 11 is 0. The highest BCUT2D eigenvalue weighted by Crippen LogP contribution is 2.16. The van der Waals surface area contributed by atoms with Crippen molar-refractivity contribution in [1.29, 1.82) is 0 Å². The third-order valence-corrected chi connectivity index (χ3v) is 1.92. The molecule has 0 radical (unpaired) electrons. The summed E-state index contributed by atoms with van der Waals surface area (Å²) in [4.78, 5) is 0. The molecule has 0 aromatic rings. The van der Waals surface area contributed by atoms with Gasteiger partial charge in [-0.05, 0) is 19.3 Å². The second-order valence-corrected chi connectivity index (χ2v) is 3.04. The Bertz CT molecular complexity index is 94.9. The Hall–Kier alpha value is -0.0800. The summed E-state index contributed by atoms with van der Waals surface area (Å²) in [6, 6.07) is 0.258. The zero-order valence-corrected chi connectivity index (χ0v) is 6.13. The van der Waals surface area contributed by atoms with Crippen molar-refractivity contribution < 1.29 is 4.74 Å². The highest BCUT2D eigenvalue weighted by Gasteiger charge is 2.22. The first-order valence-electron chi connectivity index (χ1n) is 3.57. The van der Waals surface area contributed by atoms with Gasteiger partial charge in [0.1, 0.15) is 0 Å². The van der Waals surface area contributed by atoms with Gasteiger partial charge in [0.25, 0.3) is 0 Å². The first-order chi connectivity index (χ1) is 4.20. The molecule has 0 aliphatic carbocycles. The molecule has 2 N–H and O–H groups in total. The van der Waals surface area contributed by atoms with Crippen LogP contribution in [0.2, 0.25) is 0 Å². The number of rotatable bonds is 0. The number of ether oxygens (including phenoxy) is 1. The van der Waals surface area contributed by atoms with Gasteiger partial charge < -0.3 is 10.5 Å². The quantitative estimate of drug-likeness (QED) is 0.524. The molecule has 1 saturated heterocycles. The van der Waals surface area contributed by atoms with Crippen molar-refractivity contribution in [2.45, 2.75) is 32.4 Å². The fraction of sp³-hybridized carbons (Fsp3) is 1.00. The topological polar surface area (TPSA) is 35.2 Å². The molecule has 0 aromatic heterocycles. The first-order valence-corrected chi connectivity index (χ1v) is 3.57. The molecule has 1 aliphatic heterocycles. The van der Waals surface area contributed by atoms with Crippen molar-refractivity contribution in [3.05, 3.63) is 0 Å². The SMILES string of the molecule is CC1COC(C)C(N)C1. The fourth-order valence-corrected chi connectivity index (χ4v) is 1.16. The lowest BCUT2D eigenvalue weighted by Gasteiger charge is -2.29. The van der Waals surface area contributed by atoms with Gasteiger partial charge in [-0.15, -0.1) is 0 Å². The van der Waals surface area contributed by atoms with Crippen LogP contribution in [0.5, 0.6) is 0 Å². The van der Waals surface area contributed by atoms with Crippen molar-refractivity contribution in [2.24, 2.45) is 11.7 Å². The van der Waals surface area contributed by atoms with Crippen LogP contribution < -0.4 is 5.73 Å². The van der Waals surface area contributed by atoms with E-state index < -0.39 is 0 Å². The minimum atomic E-state index is 0.258. The van der Waals surface area contributed by atoms with Gasteiger partial charge in [0, 0.05) is 12.6 Å². The Balaban J connectivity index is 2.35.